The van der Waals surface area contributed by atoms with Crippen molar-refractivity contribution in [3.8, 4) is 11.1 Å². The molecule has 0 spiro atoms. The maximum absolute atomic E-state index is 4.03. The average Bonchev–Trinajstić information content (AvgIpc) is 3.82. The van der Waals surface area contributed by atoms with Gasteiger partial charge in [-0.15, -0.1) is 13.8 Å². The zero-order valence-corrected chi connectivity index (χ0v) is 42.0. The molecule has 4 saturated carbocycles. The summed E-state index contributed by atoms with van der Waals surface area (Å²) in [5.41, 5.74) is 24.8. The van der Waals surface area contributed by atoms with Crippen molar-refractivity contribution < 1.29 is 131 Å². The van der Waals surface area contributed by atoms with Crippen LogP contribution in [0.2, 0.25) is 0 Å². The standard InChI is InChI=1S/C46H40N2.4Y/c1-5-48-18-47(4)17-23-11-30-33(16-38(23)48)46-37-15-36(43(30)46)45-32-13-25-22(10-29(32)42(37)45)8-21-9-28-31(12-24(21)25)44-35-14-34(41(28)44)39-26-6-19(2)20(3)7-27(26)40(35)39;;;;/h9-10,12-13,34-37,39-46H,5,8,14-15,17-18H2,1-4H3;;;;/q-4;;;;. The summed E-state index contributed by atoms with van der Waals surface area (Å²) < 4.78 is 0. The molecule has 0 amide bonds. The van der Waals surface area contributed by atoms with Crippen LogP contribution in [0.25, 0.3) is 11.1 Å². The van der Waals surface area contributed by atoms with E-state index in [1.54, 1.807) is 55.6 Å². The van der Waals surface area contributed by atoms with Crippen LogP contribution in [0.3, 0.4) is 0 Å². The first-order valence-corrected chi connectivity index (χ1v) is 19.2. The quantitative estimate of drug-likeness (QED) is 0.123. The molecular weight excluding hydrogens is 936 g/mol. The predicted octanol–water partition coefficient (Wildman–Crippen LogP) is 8.72. The van der Waals surface area contributed by atoms with Gasteiger partial charge in [-0.1, -0.05) is 47.9 Å². The van der Waals surface area contributed by atoms with E-state index in [-0.39, 0.29) is 131 Å². The molecule has 6 heteroatoms. The first kappa shape index (κ1) is 37.3. The van der Waals surface area contributed by atoms with Crippen LogP contribution in [-0.4, -0.2) is 25.2 Å². The molecule has 4 fully saturated rings. The minimum absolute atomic E-state index is 0. The Balaban J connectivity index is 0.000000846. The summed E-state index contributed by atoms with van der Waals surface area (Å²) in [6.45, 7) is 9.81. The van der Waals surface area contributed by atoms with Crippen molar-refractivity contribution in [1.29, 1.82) is 0 Å². The third-order valence-electron chi connectivity index (χ3n) is 16.5. The summed E-state index contributed by atoms with van der Waals surface area (Å²) in [7, 11) is 2.25. The van der Waals surface area contributed by atoms with E-state index in [0.717, 1.165) is 97.2 Å². The van der Waals surface area contributed by atoms with Crippen LogP contribution in [0, 0.1) is 61.8 Å². The fourth-order valence-electron chi connectivity index (χ4n) is 14.9. The van der Waals surface area contributed by atoms with Gasteiger partial charge in [-0.2, -0.15) is 5.69 Å². The molecule has 0 aromatic heterocycles. The molecule has 4 bridgehead atoms. The Morgan fingerprint density at radius 2 is 1.00 bits per heavy atom. The van der Waals surface area contributed by atoms with Crippen molar-refractivity contribution in [3.05, 3.63) is 121 Å². The molecule has 9 aliphatic carbocycles. The van der Waals surface area contributed by atoms with E-state index in [1.165, 1.54) is 46.3 Å². The number of benzene rings is 4. The molecule has 52 heavy (non-hydrogen) atoms. The third-order valence-corrected chi connectivity index (χ3v) is 16.5. The number of aryl methyl sites for hydroxylation is 2. The van der Waals surface area contributed by atoms with Gasteiger partial charge in [0.05, 0.1) is 6.67 Å². The molecule has 12 atom stereocenters. The van der Waals surface area contributed by atoms with Crippen molar-refractivity contribution in [3.63, 3.8) is 0 Å². The van der Waals surface area contributed by atoms with Crippen LogP contribution in [0.1, 0.15) is 139 Å². The summed E-state index contributed by atoms with van der Waals surface area (Å²) >= 11 is 0. The molecule has 250 valence electrons. The van der Waals surface area contributed by atoms with Gasteiger partial charge in [0.25, 0.3) is 0 Å². The van der Waals surface area contributed by atoms with Gasteiger partial charge in [-0.3, -0.25) is 44.3 Å². The Bertz CT molecular complexity index is 2280. The van der Waals surface area contributed by atoms with Gasteiger partial charge in [0.15, 0.2) is 0 Å². The number of fused-ring (bicyclic) bond motifs is 32. The second-order valence-electron chi connectivity index (χ2n) is 18.0. The summed E-state index contributed by atoms with van der Waals surface area (Å²) in [6, 6.07) is 26.5. The van der Waals surface area contributed by atoms with Gasteiger partial charge in [-0.05, 0) is 132 Å². The topological polar surface area (TPSA) is 6.48 Å². The number of nitrogens with zero attached hydrogens (tertiary/aromatic N) is 2. The van der Waals surface area contributed by atoms with Crippen molar-refractivity contribution in [1.82, 2.24) is 4.90 Å². The zero-order chi connectivity index (χ0) is 31.2. The van der Waals surface area contributed by atoms with E-state index >= 15 is 0 Å². The second-order valence-corrected chi connectivity index (χ2v) is 18.0. The number of hydrogen-bond acceptors (Lipinski definition) is 2. The first-order chi connectivity index (χ1) is 23.5. The maximum Gasteiger partial charge on any atom is 0.0571 e. The van der Waals surface area contributed by atoms with Gasteiger partial charge >= 0.3 is 0 Å². The van der Waals surface area contributed by atoms with Crippen molar-refractivity contribution >= 4 is 5.69 Å². The van der Waals surface area contributed by atoms with Gasteiger partial charge in [0.1, 0.15) is 0 Å². The monoisotopic (exact) mass is 976 g/mol. The molecule has 0 saturated heterocycles. The minimum Gasteiger partial charge on any atom is -0.435 e. The van der Waals surface area contributed by atoms with Crippen LogP contribution in [0.4, 0.5) is 5.69 Å². The van der Waals surface area contributed by atoms with Crippen LogP contribution in [0.5, 0.6) is 0 Å². The van der Waals surface area contributed by atoms with Gasteiger partial charge in [0, 0.05) is 137 Å². The Morgan fingerprint density at radius 3 is 1.46 bits per heavy atom. The fraction of sp³-hybridized carbons (Fsp3) is 0.478. The molecule has 2 nitrogen and oxygen atoms in total. The Labute approximate surface area is 410 Å². The predicted molar refractivity (Wildman–Crippen MR) is 187 cm³/mol. The molecule has 1 heterocycles. The van der Waals surface area contributed by atoms with Crippen molar-refractivity contribution in [2.24, 2.45) is 23.7 Å². The average molecular weight is 976 g/mol. The first-order valence-electron chi connectivity index (χ1n) is 19.2. The van der Waals surface area contributed by atoms with Gasteiger partial charge in [0.2, 0.25) is 0 Å². The summed E-state index contributed by atoms with van der Waals surface area (Å²) in [5, 5.41) is 0. The smallest absolute Gasteiger partial charge is 0.0571 e. The largest absolute Gasteiger partial charge is 0.435 e. The number of hydrogen-bond donors (Lipinski definition) is 0. The van der Waals surface area contributed by atoms with E-state index in [1.807, 2.05) is 0 Å². The third kappa shape index (κ3) is 4.17. The summed E-state index contributed by atoms with van der Waals surface area (Å²) in [4.78, 5) is 4.94. The molecule has 1 aliphatic heterocycles. The summed E-state index contributed by atoms with van der Waals surface area (Å²) in [5.74, 6) is 9.35. The van der Waals surface area contributed by atoms with Crippen molar-refractivity contribution in [2.45, 2.75) is 93.9 Å². The van der Waals surface area contributed by atoms with E-state index in [2.05, 4.69) is 86.1 Å². The van der Waals surface area contributed by atoms with Crippen LogP contribution in [0.15, 0.2) is 24.3 Å². The summed E-state index contributed by atoms with van der Waals surface area (Å²) in [6.07, 6.45) is 3.98. The van der Waals surface area contributed by atoms with Gasteiger partial charge < -0.3 is 23.1 Å². The fourth-order valence-corrected chi connectivity index (χ4v) is 14.9. The molecule has 4 radical (unpaired) electrons. The SMILES string of the molecule is CCN1CN(C)Cc2[c-]c3c([c-]c21)C1C2CC(C31)C1c3cc4c(cc3C21)Cc1cc2c(cc1-4)C1C3CC(C4c5[c-]c(C)c(C)[c-]c5C34)C21.[Y].[Y].[Y].[Y]. The van der Waals surface area contributed by atoms with E-state index in [0.29, 0.717) is 0 Å². The second kappa shape index (κ2) is 12.3. The molecule has 4 aromatic carbocycles. The minimum atomic E-state index is 0. The van der Waals surface area contributed by atoms with Gasteiger partial charge in [-0.25, -0.2) is 5.56 Å². The van der Waals surface area contributed by atoms with E-state index in [4.69, 9.17) is 0 Å². The van der Waals surface area contributed by atoms with E-state index in [9.17, 15) is 0 Å². The maximum atomic E-state index is 4.03. The molecule has 12 unspecified atom stereocenters. The molecule has 0 N–H and O–H groups in total. The molecule has 4 aromatic rings. The Kier molecular flexibility index (Phi) is 8.83. The zero-order valence-electron chi connectivity index (χ0n) is 30.7. The van der Waals surface area contributed by atoms with Crippen LogP contribution >= 0.6 is 0 Å². The molecule has 10 aliphatic rings. The van der Waals surface area contributed by atoms with E-state index < -0.39 is 0 Å². The Morgan fingerprint density at radius 1 is 0.577 bits per heavy atom. The Hall–Kier alpha value is 1.06. The van der Waals surface area contributed by atoms with Crippen LogP contribution < -0.4 is 4.90 Å². The molecular formula is C46H40N2Y4-4. The molecule has 14 rings (SSSR count). The normalized spacial score (nSPS) is 36.2. The number of rotatable bonds is 1. The van der Waals surface area contributed by atoms with Crippen molar-refractivity contribution in [2.75, 3.05) is 25.2 Å². The number of anilines is 1. The van der Waals surface area contributed by atoms with Crippen LogP contribution in [-0.2, 0) is 144 Å².